The van der Waals surface area contributed by atoms with E-state index >= 15 is 0 Å². The van der Waals surface area contributed by atoms with Gasteiger partial charge in [-0.1, -0.05) is 19.9 Å². The summed E-state index contributed by atoms with van der Waals surface area (Å²) in [4.78, 5) is 11.0. The lowest BCUT2D eigenvalue weighted by Crippen LogP contribution is -2.32. The Bertz CT molecular complexity index is 166. The smallest absolute Gasteiger partial charge is 0.246 e. The van der Waals surface area contributed by atoms with Crippen LogP contribution in [0.4, 0.5) is 0 Å². The summed E-state index contributed by atoms with van der Waals surface area (Å²) in [6, 6.07) is 0. The van der Waals surface area contributed by atoms with Crippen molar-refractivity contribution in [2.75, 3.05) is 19.6 Å². The van der Waals surface area contributed by atoms with Crippen molar-refractivity contribution >= 4 is 5.91 Å². The molecule has 13 heavy (non-hydrogen) atoms. The van der Waals surface area contributed by atoms with Gasteiger partial charge in [0, 0.05) is 18.7 Å². The Hall–Kier alpha value is -0.830. The van der Waals surface area contributed by atoms with Crippen LogP contribution in [0, 0.1) is 0 Å². The number of carbonyl (C=O) groups is 1. The molecule has 76 valence electrons. The normalized spacial score (nSPS) is 9.69. The number of carbonyl (C=O) groups excluding carboxylic acids is 1. The molecule has 0 saturated carbocycles. The Kier molecular flexibility index (Phi) is 7.30. The van der Waals surface area contributed by atoms with E-state index in [4.69, 9.17) is 0 Å². The molecule has 3 nitrogen and oxygen atoms in total. The van der Waals surface area contributed by atoms with E-state index in [1.807, 2.05) is 0 Å². The molecule has 0 aliphatic carbocycles. The lowest BCUT2D eigenvalue weighted by atomic mass is 10.3. The van der Waals surface area contributed by atoms with Crippen molar-refractivity contribution in [2.45, 2.75) is 26.7 Å². The molecule has 3 heteroatoms. The maximum atomic E-state index is 11.0. The van der Waals surface area contributed by atoms with Gasteiger partial charge in [-0.15, -0.1) is 0 Å². The number of nitrogens with one attached hydrogen (secondary N) is 2. The summed E-state index contributed by atoms with van der Waals surface area (Å²) in [7, 11) is 0. The molecule has 0 spiro atoms. The minimum atomic E-state index is -0.0581. The second kappa shape index (κ2) is 7.80. The summed E-state index contributed by atoms with van der Waals surface area (Å²) in [6.45, 7) is 9.95. The Labute approximate surface area is 80.6 Å². The van der Waals surface area contributed by atoms with Crippen LogP contribution in [0.15, 0.2) is 12.2 Å². The van der Waals surface area contributed by atoms with Crippen molar-refractivity contribution in [1.29, 1.82) is 0 Å². The first-order chi connectivity index (χ1) is 6.18. The molecular formula is C10H20N2O. The lowest BCUT2D eigenvalue weighted by Gasteiger charge is -2.05. The summed E-state index contributed by atoms with van der Waals surface area (Å²) in [5, 5.41) is 5.99. The fourth-order valence-corrected chi connectivity index (χ4v) is 0.842. The first-order valence-electron chi connectivity index (χ1n) is 4.83. The van der Waals surface area contributed by atoms with Crippen LogP contribution in [0.2, 0.25) is 0 Å². The zero-order valence-electron chi connectivity index (χ0n) is 8.65. The van der Waals surface area contributed by atoms with Gasteiger partial charge in [0.2, 0.25) is 5.91 Å². The molecule has 0 unspecified atom stereocenters. The Morgan fingerprint density at radius 2 is 2.00 bits per heavy atom. The number of hydrogen-bond donors (Lipinski definition) is 2. The minimum Gasteiger partial charge on any atom is -0.351 e. The Balaban J connectivity index is 3.16. The second-order valence-electron chi connectivity index (χ2n) is 3.14. The predicted molar refractivity (Wildman–Crippen MR) is 55.6 cm³/mol. The van der Waals surface area contributed by atoms with Crippen molar-refractivity contribution in [3.63, 3.8) is 0 Å². The number of unbranched alkanes of at least 4 members (excludes halogenated alkanes) is 1. The lowest BCUT2D eigenvalue weighted by molar-refractivity contribution is -0.117. The minimum absolute atomic E-state index is 0.0581. The van der Waals surface area contributed by atoms with Gasteiger partial charge >= 0.3 is 0 Å². The van der Waals surface area contributed by atoms with Gasteiger partial charge in [-0.2, -0.15) is 0 Å². The van der Waals surface area contributed by atoms with Crippen LogP contribution in [0.5, 0.6) is 0 Å². The molecule has 1 amide bonds. The first kappa shape index (κ1) is 12.2. The van der Waals surface area contributed by atoms with E-state index in [0.29, 0.717) is 12.1 Å². The largest absolute Gasteiger partial charge is 0.351 e. The summed E-state index contributed by atoms with van der Waals surface area (Å²) in [6.07, 6.45) is 2.39. The van der Waals surface area contributed by atoms with Crippen molar-refractivity contribution in [2.24, 2.45) is 0 Å². The molecule has 0 aromatic rings. The number of amides is 1. The molecule has 0 aliphatic rings. The fourth-order valence-electron chi connectivity index (χ4n) is 0.842. The molecule has 0 bridgehead atoms. The van der Waals surface area contributed by atoms with Crippen LogP contribution in [0.3, 0.4) is 0 Å². The third-order valence-electron chi connectivity index (χ3n) is 1.68. The number of rotatable bonds is 7. The molecule has 0 aliphatic heterocycles. The zero-order chi connectivity index (χ0) is 10.1. The maximum absolute atomic E-state index is 11.0. The highest BCUT2D eigenvalue weighted by Gasteiger charge is 1.98. The van der Waals surface area contributed by atoms with Gasteiger partial charge in [0.15, 0.2) is 0 Å². The molecule has 0 heterocycles. The van der Waals surface area contributed by atoms with Gasteiger partial charge in [0.05, 0.1) is 0 Å². The summed E-state index contributed by atoms with van der Waals surface area (Å²) >= 11 is 0. The Morgan fingerprint density at radius 1 is 1.31 bits per heavy atom. The molecular weight excluding hydrogens is 164 g/mol. The highest BCUT2D eigenvalue weighted by atomic mass is 16.1. The van der Waals surface area contributed by atoms with Crippen molar-refractivity contribution in [1.82, 2.24) is 10.6 Å². The Morgan fingerprint density at radius 3 is 2.54 bits per heavy atom. The van der Waals surface area contributed by atoms with Gasteiger partial charge in [-0.25, -0.2) is 0 Å². The van der Waals surface area contributed by atoms with Crippen LogP contribution >= 0.6 is 0 Å². The van der Waals surface area contributed by atoms with Crippen LogP contribution in [0.1, 0.15) is 26.7 Å². The van der Waals surface area contributed by atoms with E-state index in [1.165, 1.54) is 12.8 Å². The third-order valence-corrected chi connectivity index (χ3v) is 1.68. The number of hydrogen-bond acceptors (Lipinski definition) is 2. The molecule has 0 rings (SSSR count). The van der Waals surface area contributed by atoms with E-state index in [1.54, 1.807) is 6.92 Å². The molecule has 2 N–H and O–H groups in total. The van der Waals surface area contributed by atoms with E-state index in [9.17, 15) is 4.79 Å². The van der Waals surface area contributed by atoms with Gasteiger partial charge in [0.25, 0.3) is 0 Å². The highest BCUT2D eigenvalue weighted by molar-refractivity contribution is 5.92. The average molecular weight is 184 g/mol. The van der Waals surface area contributed by atoms with E-state index < -0.39 is 0 Å². The van der Waals surface area contributed by atoms with Crippen molar-refractivity contribution < 1.29 is 4.79 Å². The van der Waals surface area contributed by atoms with E-state index in [2.05, 4.69) is 24.1 Å². The predicted octanol–water partition coefficient (Wildman–Crippen LogP) is 1.07. The van der Waals surface area contributed by atoms with E-state index in [0.717, 1.165) is 13.1 Å². The van der Waals surface area contributed by atoms with Crippen LogP contribution in [-0.2, 0) is 4.79 Å². The summed E-state index contributed by atoms with van der Waals surface area (Å²) < 4.78 is 0. The van der Waals surface area contributed by atoms with Crippen molar-refractivity contribution in [3.8, 4) is 0 Å². The second-order valence-corrected chi connectivity index (χ2v) is 3.14. The van der Waals surface area contributed by atoms with Gasteiger partial charge in [-0.05, 0) is 19.9 Å². The molecule has 0 aromatic carbocycles. The van der Waals surface area contributed by atoms with Gasteiger partial charge in [-0.3, -0.25) is 4.79 Å². The van der Waals surface area contributed by atoms with Gasteiger partial charge in [0.1, 0.15) is 0 Å². The first-order valence-corrected chi connectivity index (χ1v) is 4.83. The summed E-state index contributed by atoms with van der Waals surface area (Å²) in [5.74, 6) is -0.0581. The van der Waals surface area contributed by atoms with Crippen molar-refractivity contribution in [3.05, 3.63) is 12.2 Å². The fraction of sp³-hybridized carbons (Fsp3) is 0.700. The molecule has 0 saturated heterocycles. The quantitative estimate of drug-likeness (QED) is 0.459. The molecule has 0 atom stereocenters. The van der Waals surface area contributed by atoms with Crippen LogP contribution in [-0.4, -0.2) is 25.5 Å². The topological polar surface area (TPSA) is 41.1 Å². The summed E-state index contributed by atoms with van der Waals surface area (Å²) in [5.41, 5.74) is 0.563. The average Bonchev–Trinajstić information content (AvgIpc) is 2.10. The standard InChI is InChI=1S/C10H20N2O/c1-4-5-6-11-7-8-12-10(13)9(2)3/h11H,2,4-8H2,1,3H3,(H,12,13). The highest BCUT2D eigenvalue weighted by Crippen LogP contribution is 1.84. The van der Waals surface area contributed by atoms with E-state index in [-0.39, 0.29) is 5.91 Å². The monoisotopic (exact) mass is 184 g/mol. The molecule has 0 aromatic heterocycles. The zero-order valence-corrected chi connectivity index (χ0v) is 8.65. The van der Waals surface area contributed by atoms with Crippen LogP contribution in [0.25, 0.3) is 0 Å². The molecule has 0 radical (unpaired) electrons. The van der Waals surface area contributed by atoms with Gasteiger partial charge < -0.3 is 10.6 Å². The maximum Gasteiger partial charge on any atom is 0.246 e. The van der Waals surface area contributed by atoms with Crippen LogP contribution < -0.4 is 10.6 Å². The third kappa shape index (κ3) is 7.53. The molecule has 0 fully saturated rings. The SMILES string of the molecule is C=C(C)C(=O)NCCNCCCC.